The van der Waals surface area contributed by atoms with Crippen molar-refractivity contribution in [2.45, 2.75) is 19.8 Å². The van der Waals surface area contributed by atoms with Crippen LogP contribution in [0.25, 0.3) is 0 Å². The molecule has 0 saturated carbocycles. The Morgan fingerprint density at radius 1 is 0.957 bits per heavy atom. The van der Waals surface area contributed by atoms with Crippen LogP contribution in [0.5, 0.6) is 0 Å². The molecule has 1 aliphatic rings. The average molecular weight is 310 g/mol. The lowest BCUT2D eigenvalue weighted by atomic mass is 10.1. The highest BCUT2D eigenvalue weighted by atomic mass is 16.2. The number of carbonyl (C=O) groups is 1. The quantitative estimate of drug-likeness (QED) is 0.945. The van der Waals surface area contributed by atoms with E-state index in [4.69, 9.17) is 0 Å². The molecular weight excluding hydrogens is 284 g/mol. The minimum Gasteiger partial charge on any atom is -0.340 e. The maximum Gasteiger partial charge on any atom is 0.222 e. The van der Waals surface area contributed by atoms with Crippen molar-refractivity contribution in [2.75, 3.05) is 26.2 Å². The van der Waals surface area contributed by atoms with Gasteiger partial charge in [0.05, 0.1) is 0 Å². The molecule has 2 aromatic carbocycles. The molecule has 0 bridgehead atoms. The number of benzene rings is 2. The summed E-state index contributed by atoms with van der Waals surface area (Å²) in [7, 11) is 0. The summed E-state index contributed by atoms with van der Waals surface area (Å²) in [5.41, 5.74) is 2.56. The molecule has 122 valence electrons. The first-order chi connectivity index (χ1) is 11.3. The van der Waals surface area contributed by atoms with Gasteiger partial charge >= 0.3 is 0 Å². The predicted octanol–water partition coefficient (Wildman–Crippen LogP) is 3.05. The van der Waals surface area contributed by atoms with Gasteiger partial charge in [0, 0.05) is 32.6 Å². The number of rotatable bonds is 3. The molecule has 0 atom stereocenters. The Bertz CT molecular complexity index is 563. The standard InChI is InChI=1S/C13H18N2O.C7H8/c16-13(15-10-8-14-9-11-15)7-6-12-4-2-1-3-5-12;1-7-5-3-2-4-6-7/h1-5,14H,6-11H2;2-6H,1H3. The van der Waals surface area contributed by atoms with Crippen molar-refractivity contribution < 1.29 is 4.79 Å². The number of carbonyl (C=O) groups excluding carboxylic acids is 1. The van der Waals surface area contributed by atoms with Crippen LogP contribution in [0.2, 0.25) is 0 Å². The second-order valence-corrected chi connectivity index (χ2v) is 5.77. The third-order valence-electron chi connectivity index (χ3n) is 3.88. The van der Waals surface area contributed by atoms with E-state index in [-0.39, 0.29) is 5.91 Å². The summed E-state index contributed by atoms with van der Waals surface area (Å²) >= 11 is 0. The molecule has 2 aromatic rings. The van der Waals surface area contributed by atoms with Gasteiger partial charge in [-0.3, -0.25) is 4.79 Å². The van der Waals surface area contributed by atoms with Gasteiger partial charge < -0.3 is 10.2 Å². The Morgan fingerprint density at radius 3 is 2.04 bits per heavy atom. The van der Waals surface area contributed by atoms with Crippen LogP contribution in [0.4, 0.5) is 0 Å². The highest BCUT2D eigenvalue weighted by molar-refractivity contribution is 5.76. The topological polar surface area (TPSA) is 32.3 Å². The maximum absolute atomic E-state index is 11.9. The summed E-state index contributed by atoms with van der Waals surface area (Å²) in [6.07, 6.45) is 1.48. The van der Waals surface area contributed by atoms with Crippen molar-refractivity contribution in [3.05, 3.63) is 71.8 Å². The Hall–Kier alpha value is -2.13. The van der Waals surface area contributed by atoms with Crippen LogP contribution >= 0.6 is 0 Å². The van der Waals surface area contributed by atoms with Crippen LogP contribution in [-0.2, 0) is 11.2 Å². The van der Waals surface area contributed by atoms with Crippen LogP contribution in [0, 0.1) is 6.92 Å². The zero-order valence-electron chi connectivity index (χ0n) is 13.9. The van der Waals surface area contributed by atoms with Gasteiger partial charge in [-0.25, -0.2) is 0 Å². The van der Waals surface area contributed by atoms with E-state index in [2.05, 4.69) is 36.5 Å². The first-order valence-electron chi connectivity index (χ1n) is 8.30. The van der Waals surface area contributed by atoms with Crippen molar-refractivity contribution in [1.82, 2.24) is 10.2 Å². The van der Waals surface area contributed by atoms with Crippen LogP contribution in [0.1, 0.15) is 17.5 Å². The molecule has 1 saturated heterocycles. The summed E-state index contributed by atoms with van der Waals surface area (Å²) in [5.74, 6) is 0.283. The van der Waals surface area contributed by atoms with Gasteiger partial charge in [0.25, 0.3) is 0 Å². The van der Waals surface area contributed by atoms with E-state index in [0.717, 1.165) is 32.6 Å². The van der Waals surface area contributed by atoms with Crippen molar-refractivity contribution in [3.8, 4) is 0 Å². The molecule has 1 fully saturated rings. The molecule has 3 rings (SSSR count). The van der Waals surface area contributed by atoms with E-state index in [0.29, 0.717) is 6.42 Å². The summed E-state index contributed by atoms with van der Waals surface area (Å²) < 4.78 is 0. The van der Waals surface area contributed by atoms with E-state index in [1.165, 1.54) is 11.1 Å². The summed E-state index contributed by atoms with van der Waals surface area (Å²) in [6, 6.07) is 20.4. The Balaban J connectivity index is 0.000000229. The third-order valence-corrected chi connectivity index (χ3v) is 3.88. The van der Waals surface area contributed by atoms with E-state index in [9.17, 15) is 4.79 Å². The first kappa shape index (κ1) is 17.2. The molecule has 0 unspecified atom stereocenters. The molecule has 0 radical (unpaired) electrons. The minimum absolute atomic E-state index is 0.283. The average Bonchev–Trinajstić information content (AvgIpc) is 2.62. The summed E-state index contributed by atoms with van der Waals surface area (Å²) in [5, 5.41) is 3.25. The van der Waals surface area contributed by atoms with Crippen LogP contribution in [0.15, 0.2) is 60.7 Å². The fraction of sp³-hybridized carbons (Fsp3) is 0.350. The fourth-order valence-corrected chi connectivity index (χ4v) is 2.50. The van der Waals surface area contributed by atoms with Gasteiger partial charge in [0.1, 0.15) is 0 Å². The molecule has 1 amide bonds. The lowest BCUT2D eigenvalue weighted by Crippen LogP contribution is -2.46. The van der Waals surface area contributed by atoms with E-state index in [1.54, 1.807) is 0 Å². The monoisotopic (exact) mass is 310 g/mol. The van der Waals surface area contributed by atoms with E-state index in [1.807, 2.05) is 41.3 Å². The summed E-state index contributed by atoms with van der Waals surface area (Å²) in [4.78, 5) is 13.8. The van der Waals surface area contributed by atoms with E-state index < -0.39 is 0 Å². The SMILES string of the molecule is Cc1ccccc1.O=C(CCc1ccccc1)N1CCNCC1. The molecule has 23 heavy (non-hydrogen) atoms. The third kappa shape index (κ3) is 6.66. The molecule has 0 spiro atoms. The van der Waals surface area contributed by atoms with Gasteiger partial charge in [-0.2, -0.15) is 0 Å². The zero-order chi connectivity index (χ0) is 16.3. The van der Waals surface area contributed by atoms with Crippen molar-refractivity contribution in [2.24, 2.45) is 0 Å². The number of aryl methyl sites for hydroxylation is 2. The number of hydrogen-bond donors (Lipinski definition) is 1. The van der Waals surface area contributed by atoms with Gasteiger partial charge in [-0.1, -0.05) is 66.2 Å². The van der Waals surface area contributed by atoms with Crippen molar-refractivity contribution in [1.29, 1.82) is 0 Å². The van der Waals surface area contributed by atoms with Gasteiger partial charge in [0.15, 0.2) is 0 Å². The second-order valence-electron chi connectivity index (χ2n) is 5.77. The van der Waals surface area contributed by atoms with Gasteiger partial charge in [-0.15, -0.1) is 0 Å². The van der Waals surface area contributed by atoms with Gasteiger partial charge in [-0.05, 0) is 18.9 Å². The highest BCUT2D eigenvalue weighted by Crippen LogP contribution is 2.05. The number of amides is 1. The smallest absolute Gasteiger partial charge is 0.222 e. The Labute approximate surface area is 139 Å². The fourth-order valence-electron chi connectivity index (χ4n) is 2.50. The van der Waals surface area contributed by atoms with Crippen LogP contribution in [0.3, 0.4) is 0 Å². The zero-order valence-corrected chi connectivity index (χ0v) is 13.9. The Kier molecular flexibility index (Phi) is 7.34. The second kappa shape index (κ2) is 9.80. The Morgan fingerprint density at radius 2 is 1.52 bits per heavy atom. The molecule has 3 nitrogen and oxygen atoms in total. The molecule has 1 heterocycles. The highest BCUT2D eigenvalue weighted by Gasteiger charge is 2.15. The number of nitrogens with one attached hydrogen (secondary N) is 1. The normalized spacial score (nSPS) is 13.9. The first-order valence-corrected chi connectivity index (χ1v) is 8.30. The molecule has 1 aliphatic heterocycles. The molecule has 0 aromatic heterocycles. The number of hydrogen-bond acceptors (Lipinski definition) is 2. The summed E-state index contributed by atoms with van der Waals surface area (Å²) in [6.45, 7) is 5.65. The predicted molar refractivity (Wildman–Crippen MR) is 95.4 cm³/mol. The van der Waals surface area contributed by atoms with Crippen LogP contribution in [-0.4, -0.2) is 37.0 Å². The molecule has 0 aliphatic carbocycles. The molecule has 3 heteroatoms. The number of nitrogens with zero attached hydrogens (tertiary/aromatic N) is 1. The van der Waals surface area contributed by atoms with Crippen molar-refractivity contribution in [3.63, 3.8) is 0 Å². The number of piperazine rings is 1. The van der Waals surface area contributed by atoms with Crippen LogP contribution < -0.4 is 5.32 Å². The minimum atomic E-state index is 0.283. The lowest BCUT2D eigenvalue weighted by Gasteiger charge is -2.27. The van der Waals surface area contributed by atoms with Gasteiger partial charge in [0.2, 0.25) is 5.91 Å². The maximum atomic E-state index is 11.9. The largest absolute Gasteiger partial charge is 0.340 e. The molecular formula is C20H26N2O. The lowest BCUT2D eigenvalue weighted by molar-refractivity contribution is -0.131. The molecule has 1 N–H and O–H groups in total. The van der Waals surface area contributed by atoms with Crippen molar-refractivity contribution >= 4 is 5.91 Å². The van der Waals surface area contributed by atoms with E-state index >= 15 is 0 Å².